The first-order chi connectivity index (χ1) is 12.1. The van der Waals surface area contributed by atoms with Crippen LogP contribution in [0.25, 0.3) is 0 Å². The highest BCUT2D eigenvalue weighted by molar-refractivity contribution is 6.78. The molecule has 1 atom stereocenters. The summed E-state index contributed by atoms with van der Waals surface area (Å²) in [5.74, 6) is -0.475. The molecule has 0 fully saturated rings. The van der Waals surface area contributed by atoms with Crippen molar-refractivity contribution in [1.82, 2.24) is 5.32 Å². The van der Waals surface area contributed by atoms with Gasteiger partial charge in [0.25, 0.3) is 8.32 Å². The molecule has 1 amide bonds. The number of rotatable bonds is 8. The van der Waals surface area contributed by atoms with E-state index in [1.54, 1.807) is 0 Å². The molecule has 0 aliphatic carbocycles. The number of esters is 1. The van der Waals surface area contributed by atoms with Gasteiger partial charge in [-0.15, -0.1) is 0 Å². The molecule has 26 heavy (non-hydrogen) atoms. The Bertz CT molecular complexity index is 565. The van der Waals surface area contributed by atoms with Crippen molar-refractivity contribution in [3.8, 4) is 0 Å². The van der Waals surface area contributed by atoms with Crippen molar-refractivity contribution in [2.24, 2.45) is 0 Å². The number of methoxy groups -OCH3 is 1. The van der Waals surface area contributed by atoms with Crippen LogP contribution in [0.15, 0.2) is 30.3 Å². The van der Waals surface area contributed by atoms with Gasteiger partial charge in [0.05, 0.1) is 7.11 Å². The van der Waals surface area contributed by atoms with Crippen LogP contribution in [-0.4, -0.2) is 33.5 Å². The summed E-state index contributed by atoms with van der Waals surface area (Å²) in [7, 11) is -1.04. The molecular formula is C20H33NO4Si. The van der Waals surface area contributed by atoms with Gasteiger partial charge >= 0.3 is 12.1 Å². The number of carbonyl (C=O) groups excluding carboxylic acids is 2. The Kier molecular flexibility index (Phi) is 8.34. The van der Waals surface area contributed by atoms with Gasteiger partial charge < -0.3 is 14.5 Å². The third kappa shape index (κ3) is 5.33. The molecule has 5 nitrogen and oxygen atoms in total. The van der Waals surface area contributed by atoms with Crippen LogP contribution in [0.3, 0.4) is 0 Å². The molecule has 0 saturated carbocycles. The number of benzene rings is 1. The molecule has 1 aromatic rings. The van der Waals surface area contributed by atoms with Gasteiger partial charge in [-0.2, -0.15) is 0 Å². The van der Waals surface area contributed by atoms with E-state index in [-0.39, 0.29) is 16.6 Å². The van der Waals surface area contributed by atoms with E-state index in [0.29, 0.717) is 6.42 Å². The number of ether oxygens (including phenoxy) is 1. The van der Waals surface area contributed by atoms with Gasteiger partial charge in [-0.25, -0.2) is 9.59 Å². The number of carbonyl (C=O) groups is 2. The molecule has 0 heterocycles. The SMILES string of the molecule is COC(=O)[C@H](Cc1ccccc1)NC(=O)O[Si](C(C)C)(C(C)C)C(C)C. The maximum absolute atomic E-state index is 12.7. The summed E-state index contributed by atoms with van der Waals surface area (Å²) < 4.78 is 10.9. The van der Waals surface area contributed by atoms with E-state index < -0.39 is 26.4 Å². The Morgan fingerprint density at radius 1 is 0.962 bits per heavy atom. The van der Waals surface area contributed by atoms with Crippen LogP contribution in [0, 0.1) is 0 Å². The number of hydrogen-bond acceptors (Lipinski definition) is 4. The fourth-order valence-electron chi connectivity index (χ4n) is 3.87. The normalized spacial score (nSPS) is 13.0. The van der Waals surface area contributed by atoms with Crippen LogP contribution in [0.1, 0.15) is 47.1 Å². The fourth-order valence-corrected chi connectivity index (χ4v) is 8.96. The zero-order valence-electron chi connectivity index (χ0n) is 17.0. The summed E-state index contributed by atoms with van der Waals surface area (Å²) in [5.41, 5.74) is 1.78. The lowest BCUT2D eigenvalue weighted by molar-refractivity contribution is -0.142. The highest BCUT2D eigenvalue weighted by Gasteiger charge is 2.48. The molecule has 0 unspecified atom stereocenters. The highest BCUT2D eigenvalue weighted by atomic mass is 28.4. The van der Waals surface area contributed by atoms with Gasteiger partial charge in [0, 0.05) is 6.42 Å². The second kappa shape index (κ2) is 9.76. The zero-order valence-corrected chi connectivity index (χ0v) is 18.0. The Hall–Kier alpha value is -1.82. The minimum Gasteiger partial charge on any atom is -0.503 e. The molecule has 6 heteroatoms. The number of nitrogens with one attached hydrogen (secondary N) is 1. The van der Waals surface area contributed by atoms with Crippen molar-refractivity contribution in [3.05, 3.63) is 35.9 Å². The minimum atomic E-state index is -2.36. The quantitative estimate of drug-likeness (QED) is 0.526. The van der Waals surface area contributed by atoms with Crippen molar-refractivity contribution in [1.29, 1.82) is 0 Å². The maximum Gasteiger partial charge on any atom is 0.394 e. The lowest BCUT2D eigenvalue weighted by atomic mass is 10.1. The smallest absolute Gasteiger partial charge is 0.394 e. The van der Waals surface area contributed by atoms with Crippen LogP contribution >= 0.6 is 0 Å². The largest absolute Gasteiger partial charge is 0.503 e. The molecule has 0 spiro atoms. The number of amides is 1. The fraction of sp³-hybridized carbons (Fsp3) is 0.600. The standard InChI is InChI=1S/C20H33NO4Si/c1-14(2)26(15(3)4,16(5)6)25-20(23)21-18(19(22)24-7)13-17-11-9-8-10-12-17/h8-12,14-16,18H,13H2,1-7H3,(H,21,23)/t18-/m0/s1. The highest BCUT2D eigenvalue weighted by Crippen LogP contribution is 2.42. The molecule has 0 saturated heterocycles. The second-order valence-corrected chi connectivity index (χ2v) is 13.0. The Morgan fingerprint density at radius 3 is 1.88 bits per heavy atom. The topological polar surface area (TPSA) is 64.6 Å². The molecular weight excluding hydrogens is 346 g/mol. The van der Waals surface area contributed by atoms with Crippen molar-refractivity contribution in [2.75, 3.05) is 7.11 Å². The average Bonchev–Trinajstić information content (AvgIpc) is 2.58. The first-order valence-corrected chi connectivity index (χ1v) is 11.4. The Balaban J connectivity index is 2.96. The van der Waals surface area contributed by atoms with Crippen LogP contribution < -0.4 is 5.32 Å². The summed E-state index contributed by atoms with van der Waals surface area (Å²) in [4.78, 5) is 24.8. The molecule has 146 valence electrons. The van der Waals surface area contributed by atoms with Crippen molar-refractivity contribution < 1.29 is 18.8 Å². The summed E-state index contributed by atoms with van der Waals surface area (Å²) >= 11 is 0. The van der Waals surface area contributed by atoms with Crippen molar-refractivity contribution in [2.45, 2.75) is 70.6 Å². The van der Waals surface area contributed by atoms with E-state index in [4.69, 9.17) is 9.16 Å². The lowest BCUT2D eigenvalue weighted by Gasteiger charge is -2.41. The minimum absolute atomic E-state index is 0.277. The summed E-state index contributed by atoms with van der Waals surface area (Å²) in [6.45, 7) is 12.7. The predicted octanol–water partition coefficient (Wildman–Crippen LogP) is 4.67. The van der Waals surface area contributed by atoms with Crippen LogP contribution in [-0.2, 0) is 20.4 Å². The molecule has 1 rings (SSSR count). The van der Waals surface area contributed by atoms with Crippen molar-refractivity contribution >= 4 is 20.4 Å². The van der Waals surface area contributed by atoms with E-state index in [2.05, 4.69) is 46.9 Å². The van der Waals surface area contributed by atoms with Gasteiger partial charge in [0.2, 0.25) is 0 Å². The van der Waals surface area contributed by atoms with Gasteiger partial charge in [-0.3, -0.25) is 0 Å². The molecule has 1 aromatic carbocycles. The maximum atomic E-state index is 12.7. The van der Waals surface area contributed by atoms with Crippen LogP contribution in [0.2, 0.25) is 16.6 Å². The zero-order chi connectivity index (χ0) is 19.9. The molecule has 0 bridgehead atoms. The second-order valence-electron chi connectivity index (χ2n) is 7.62. The van der Waals surface area contributed by atoms with E-state index in [1.165, 1.54) is 7.11 Å². The third-order valence-corrected chi connectivity index (χ3v) is 11.0. The van der Waals surface area contributed by atoms with E-state index in [1.807, 2.05) is 30.3 Å². The van der Waals surface area contributed by atoms with Gasteiger partial charge in [0.1, 0.15) is 6.04 Å². The van der Waals surface area contributed by atoms with Gasteiger partial charge in [-0.1, -0.05) is 71.9 Å². The van der Waals surface area contributed by atoms with Crippen LogP contribution in [0.5, 0.6) is 0 Å². The summed E-state index contributed by atoms with van der Waals surface area (Å²) in [5, 5.41) is 2.74. The molecule has 0 radical (unpaired) electrons. The van der Waals surface area contributed by atoms with Gasteiger partial charge in [-0.05, 0) is 22.2 Å². The number of hydrogen-bond donors (Lipinski definition) is 1. The molecule has 0 aliphatic heterocycles. The first-order valence-electron chi connectivity index (χ1n) is 9.26. The molecule has 1 N–H and O–H groups in total. The van der Waals surface area contributed by atoms with Gasteiger partial charge in [0.15, 0.2) is 0 Å². The third-order valence-electron chi connectivity index (χ3n) is 5.04. The Morgan fingerprint density at radius 2 is 1.46 bits per heavy atom. The van der Waals surface area contributed by atoms with Crippen LogP contribution in [0.4, 0.5) is 4.79 Å². The lowest BCUT2D eigenvalue weighted by Crippen LogP contribution is -2.53. The van der Waals surface area contributed by atoms with E-state index in [9.17, 15) is 9.59 Å². The molecule has 0 aromatic heterocycles. The first kappa shape index (κ1) is 22.2. The average molecular weight is 380 g/mol. The van der Waals surface area contributed by atoms with E-state index >= 15 is 0 Å². The monoisotopic (exact) mass is 379 g/mol. The van der Waals surface area contributed by atoms with E-state index in [0.717, 1.165) is 5.56 Å². The molecule has 0 aliphatic rings. The summed E-state index contributed by atoms with van der Waals surface area (Å²) in [6.07, 6.45) is -0.165. The summed E-state index contributed by atoms with van der Waals surface area (Å²) in [6, 6.07) is 8.77. The van der Waals surface area contributed by atoms with Crippen molar-refractivity contribution in [3.63, 3.8) is 0 Å². The predicted molar refractivity (Wildman–Crippen MR) is 107 cm³/mol. The Labute approximate surface area is 158 Å².